The molecule has 6 nitrogen and oxygen atoms in total. The number of rotatable bonds is 5. The molecule has 112 valence electrons. The molecule has 0 bridgehead atoms. The molecule has 1 N–H and O–H groups in total. The van der Waals surface area contributed by atoms with Crippen LogP contribution in [0.1, 0.15) is 16.9 Å². The van der Waals surface area contributed by atoms with Crippen molar-refractivity contribution in [2.24, 2.45) is 0 Å². The van der Waals surface area contributed by atoms with Gasteiger partial charge in [-0.25, -0.2) is 14.2 Å². The second kappa shape index (κ2) is 5.90. The number of halogens is 1. The molecule has 7 heteroatoms. The van der Waals surface area contributed by atoms with E-state index in [4.69, 9.17) is 9.84 Å². The molecule has 0 aliphatic carbocycles. The molecule has 0 aromatic carbocycles. The average molecular weight is 294 g/mol. The van der Waals surface area contributed by atoms with Crippen LogP contribution in [0.4, 0.5) is 4.39 Å². The number of alkyl halides is 1. The van der Waals surface area contributed by atoms with Gasteiger partial charge in [0, 0.05) is 19.2 Å². The molecule has 1 aromatic rings. The monoisotopic (exact) mass is 294 g/mol. The van der Waals surface area contributed by atoms with Gasteiger partial charge in [0.05, 0.1) is 6.54 Å². The largest absolute Gasteiger partial charge is 0.487 e. The van der Waals surface area contributed by atoms with Gasteiger partial charge in [0.2, 0.25) is 5.67 Å². The third-order valence-electron chi connectivity index (χ3n) is 3.22. The van der Waals surface area contributed by atoms with Crippen LogP contribution < -0.4 is 4.74 Å². The minimum Gasteiger partial charge on any atom is -0.487 e. The highest BCUT2D eigenvalue weighted by Gasteiger charge is 2.47. The number of nitrogens with zero attached hydrogens (tertiary/aromatic N) is 2. The first-order valence-electron chi connectivity index (χ1n) is 6.38. The highest BCUT2D eigenvalue weighted by molar-refractivity contribution is 5.96. The van der Waals surface area contributed by atoms with Crippen molar-refractivity contribution in [2.45, 2.75) is 12.1 Å². The van der Waals surface area contributed by atoms with Crippen LogP contribution in [-0.2, 0) is 4.79 Å². The SMILES string of the molecule is C=CCOc1cccnc1C(=O)N1CCC(F)(C(=O)O)C1. The van der Waals surface area contributed by atoms with E-state index in [1.165, 1.54) is 12.3 Å². The van der Waals surface area contributed by atoms with Crippen molar-refractivity contribution in [1.29, 1.82) is 0 Å². The lowest BCUT2D eigenvalue weighted by atomic mass is 10.1. The molecule has 0 spiro atoms. The van der Waals surface area contributed by atoms with Crippen molar-refractivity contribution in [3.63, 3.8) is 0 Å². The quantitative estimate of drug-likeness (QED) is 0.828. The summed E-state index contributed by atoms with van der Waals surface area (Å²) in [6.07, 6.45) is 2.71. The Hall–Kier alpha value is -2.44. The van der Waals surface area contributed by atoms with E-state index in [2.05, 4.69) is 11.6 Å². The summed E-state index contributed by atoms with van der Waals surface area (Å²) in [7, 11) is 0. The number of likely N-dealkylation sites (tertiary alicyclic amines) is 1. The minimum atomic E-state index is -2.40. The van der Waals surface area contributed by atoms with Gasteiger partial charge in [0.25, 0.3) is 5.91 Å². The van der Waals surface area contributed by atoms with Crippen molar-refractivity contribution < 1.29 is 23.8 Å². The van der Waals surface area contributed by atoms with Gasteiger partial charge < -0.3 is 14.7 Å². The summed E-state index contributed by atoms with van der Waals surface area (Å²) < 4.78 is 19.3. The van der Waals surface area contributed by atoms with Gasteiger partial charge in [-0.3, -0.25) is 4.79 Å². The van der Waals surface area contributed by atoms with Crippen LogP contribution in [0.5, 0.6) is 5.75 Å². The Kier molecular flexibility index (Phi) is 4.21. The van der Waals surface area contributed by atoms with Crippen LogP contribution in [0, 0.1) is 0 Å². The Bertz CT molecular complexity index is 578. The molecule has 1 atom stereocenters. The Balaban J connectivity index is 2.18. The summed E-state index contributed by atoms with van der Waals surface area (Å²) in [4.78, 5) is 28.3. The van der Waals surface area contributed by atoms with E-state index in [9.17, 15) is 14.0 Å². The normalized spacial score (nSPS) is 21.1. The number of hydrogen-bond acceptors (Lipinski definition) is 4. The van der Waals surface area contributed by atoms with Gasteiger partial charge in [0.15, 0.2) is 11.4 Å². The molecule has 2 rings (SSSR count). The standard InChI is InChI=1S/C14H15FN2O4/c1-2-8-21-10-4-3-6-16-11(10)12(18)17-7-5-14(15,9-17)13(19)20/h2-4,6H,1,5,7-9H2,(H,19,20). The Labute approximate surface area is 120 Å². The minimum absolute atomic E-state index is 0.0269. The molecule has 1 saturated heterocycles. The van der Waals surface area contributed by atoms with Crippen LogP contribution in [0.15, 0.2) is 31.0 Å². The van der Waals surface area contributed by atoms with Crippen LogP contribution >= 0.6 is 0 Å². The Morgan fingerprint density at radius 2 is 2.38 bits per heavy atom. The first kappa shape index (κ1) is 15.0. The van der Waals surface area contributed by atoms with E-state index < -0.39 is 24.1 Å². The summed E-state index contributed by atoms with van der Waals surface area (Å²) in [6.45, 7) is 3.25. The number of carboxylic acids is 1. The summed E-state index contributed by atoms with van der Waals surface area (Å²) in [6, 6.07) is 3.18. The molecule has 21 heavy (non-hydrogen) atoms. The van der Waals surface area contributed by atoms with Crippen molar-refractivity contribution >= 4 is 11.9 Å². The second-order valence-corrected chi connectivity index (χ2v) is 4.70. The lowest BCUT2D eigenvalue weighted by molar-refractivity contribution is -0.149. The number of pyridine rings is 1. The number of amides is 1. The first-order valence-corrected chi connectivity index (χ1v) is 6.38. The van der Waals surface area contributed by atoms with E-state index in [0.29, 0.717) is 0 Å². The second-order valence-electron chi connectivity index (χ2n) is 4.70. The van der Waals surface area contributed by atoms with Crippen LogP contribution in [0.25, 0.3) is 0 Å². The molecular weight excluding hydrogens is 279 g/mol. The zero-order valence-electron chi connectivity index (χ0n) is 11.3. The molecule has 0 saturated carbocycles. The highest BCUT2D eigenvalue weighted by Crippen LogP contribution is 2.28. The van der Waals surface area contributed by atoms with E-state index in [1.807, 2.05) is 0 Å². The molecule has 1 aromatic heterocycles. The number of carbonyl (C=O) groups is 2. The van der Waals surface area contributed by atoms with Gasteiger partial charge in [-0.05, 0) is 12.1 Å². The Morgan fingerprint density at radius 1 is 1.62 bits per heavy atom. The van der Waals surface area contributed by atoms with Crippen molar-refractivity contribution in [3.8, 4) is 5.75 Å². The lowest BCUT2D eigenvalue weighted by Gasteiger charge is -2.18. The third-order valence-corrected chi connectivity index (χ3v) is 3.22. The highest BCUT2D eigenvalue weighted by atomic mass is 19.1. The van der Waals surface area contributed by atoms with Crippen LogP contribution in [0.3, 0.4) is 0 Å². The maximum absolute atomic E-state index is 14.0. The third kappa shape index (κ3) is 3.01. The van der Waals surface area contributed by atoms with Gasteiger partial charge >= 0.3 is 5.97 Å². The molecule has 1 aliphatic rings. The summed E-state index contributed by atoms with van der Waals surface area (Å²) in [5.41, 5.74) is -2.36. The maximum Gasteiger partial charge on any atom is 0.343 e. The number of carboxylic acid groups (broad SMARTS) is 1. The maximum atomic E-state index is 14.0. The summed E-state index contributed by atoms with van der Waals surface area (Å²) >= 11 is 0. The molecule has 1 aliphatic heterocycles. The number of aromatic nitrogens is 1. The van der Waals surface area contributed by atoms with Gasteiger partial charge in [0.1, 0.15) is 6.61 Å². The predicted molar refractivity (Wildman–Crippen MR) is 71.9 cm³/mol. The van der Waals surface area contributed by atoms with E-state index in [-0.39, 0.29) is 31.0 Å². The molecular formula is C14H15FN2O4. The van der Waals surface area contributed by atoms with Gasteiger partial charge in [-0.1, -0.05) is 12.7 Å². The molecule has 1 fully saturated rings. The van der Waals surface area contributed by atoms with Gasteiger partial charge in [-0.2, -0.15) is 0 Å². The smallest absolute Gasteiger partial charge is 0.343 e. The predicted octanol–water partition coefficient (Wildman–Crippen LogP) is 1.29. The first-order chi connectivity index (χ1) is 9.98. The van der Waals surface area contributed by atoms with Crippen LogP contribution in [0.2, 0.25) is 0 Å². The molecule has 1 unspecified atom stereocenters. The number of carbonyl (C=O) groups excluding carboxylic acids is 1. The lowest BCUT2D eigenvalue weighted by Crippen LogP contribution is -2.39. The number of hydrogen-bond donors (Lipinski definition) is 1. The molecule has 0 radical (unpaired) electrons. The fourth-order valence-corrected chi connectivity index (χ4v) is 2.09. The Morgan fingerprint density at radius 3 is 3.00 bits per heavy atom. The summed E-state index contributed by atoms with van der Waals surface area (Å²) in [5, 5.41) is 8.85. The van der Waals surface area contributed by atoms with Crippen molar-refractivity contribution in [2.75, 3.05) is 19.7 Å². The summed E-state index contributed by atoms with van der Waals surface area (Å²) in [5.74, 6) is -1.84. The number of ether oxygens (including phenoxy) is 1. The van der Waals surface area contributed by atoms with E-state index in [1.54, 1.807) is 12.1 Å². The van der Waals surface area contributed by atoms with Crippen LogP contribution in [-0.4, -0.2) is 52.2 Å². The zero-order valence-corrected chi connectivity index (χ0v) is 11.3. The van der Waals surface area contributed by atoms with E-state index >= 15 is 0 Å². The number of aliphatic carboxylic acids is 1. The van der Waals surface area contributed by atoms with Crippen molar-refractivity contribution in [3.05, 3.63) is 36.7 Å². The van der Waals surface area contributed by atoms with Crippen molar-refractivity contribution in [1.82, 2.24) is 9.88 Å². The van der Waals surface area contributed by atoms with Gasteiger partial charge in [-0.15, -0.1) is 0 Å². The fourth-order valence-electron chi connectivity index (χ4n) is 2.09. The zero-order chi connectivity index (χ0) is 15.5. The average Bonchev–Trinajstić information content (AvgIpc) is 2.89. The fraction of sp³-hybridized carbons (Fsp3) is 0.357. The van der Waals surface area contributed by atoms with E-state index in [0.717, 1.165) is 4.90 Å². The molecule has 2 heterocycles. The molecule has 1 amide bonds. The topological polar surface area (TPSA) is 79.7 Å².